The topological polar surface area (TPSA) is 26.0 Å². The number of hydrogen-bond donors (Lipinski definition) is 1. The quantitative estimate of drug-likeness (QED) is 0.843. The molecular formula is C11H12BrF2N. The molecule has 0 aromatic heterocycles. The second kappa shape index (κ2) is 3.83. The highest BCUT2D eigenvalue weighted by atomic mass is 79.9. The van der Waals surface area contributed by atoms with Gasteiger partial charge in [0.25, 0.3) is 0 Å². The van der Waals surface area contributed by atoms with Crippen LogP contribution in [0.4, 0.5) is 8.78 Å². The zero-order valence-electron chi connectivity index (χ0n) is 8.19. The van der Waals surface area contributed by atoms with E-state index < -0.39 is 11.6 Å². The molecule has 0 saturated heterocycles. The van der Waals surface area contributed by atoms with E-state index in [1.54, 1.807) is 6.07 Å². The molecule has 0 bridgehead atoms. The SMILES string of the molecule is NC1(CCc2cc(Br)cc(F)c2F)CC1. The molecule has 0 spiro atoms. The Morgan fingerprint density at radius 1 is 1.33 bits per heavy atom. The van der Waals surface area contributed by atoms with Gasteiger partial charge in [0.2, 0.25) is 0 Å². The van der Waals surface area contributed by atoms with E-state index in [1.165, 1.54) is 0 Å². The van der Waals surface area contributed by atoms with Crippen molar-refractivity contribution in [2.45, 2.75) is 31.2 Å². The van der Waals surface area contributed by atoms with E-state index in [2.05, 4.69) is 15.9 Å². The minimum Gasteiger partial charge on any atom is -0.325 e. The minimum absolute atomic E-state index is 0.120. The molecule has 4 heteroatoms. The molecule has 1 aromatic rings. The summed E-state index contributed by atoms with van der Waals surface area (Å²) in [6.07, 6.45) is 3.20. The first-order valence-corrected chi connectivity index (χ1v) is 5.72. The Kier molecular flexibility index (Phi) is 2.81. The van der Waals surface area contributed by atoms with Gasteiger partial charge in [-0.05, 0) is 43.4 Å². The standard InChI is InChI=1S/C11H12BrF2N/c12-8-5-7(10(14)9(13)6-8)1-2-11(15)3-4-11/h5-6H,1-4,15H2. The Bertz CT molecular complexity index is 388. The number of aryl methyl sites for hydroxylation is 1. The van der Waals surface area contributed by atoms with Crippen LogP contribution in [0.3, 0.4) is 0 Å². The summed E-state index contributed by atoms with van der Waals surface area (Å²) in [4.78, 5) is 0. The highest BCUT2D eigenvalue weighted by molar-refractivity contribution is 9.10. The first-order chi connectivity index (χ1) is 7.00. The summed E-state index contributed by atoms with van der Waals surface area (Å²) in [6, 6.07) is 2.75. The fourth-order valence-corrected chi connectivity index (χ4v) is 2.06. The molecule has 15 heavy (non-hydrogen) atoms. The van der Waals surface area contributed by atoms with Crippen molar-refractivity contribution in [2.24, 2.45) is 5.73 Å². The number of rotatable bonds is 3. The zero-order chi connectivity index (χ0) is 11.1. The Balaban J connectivity index is 2.13. The summed E-state index contributed by atoms with van der Waals surface area (Å²) in [5, 5.41) is 0. The third-order valence-corrected chi connectivity index (χ3v) is 3.31. The molecule has 1 aliphatic rings. The van der Waals surface area contributed by atoms with Crippen molar-refractivity contribution in [3.63, 3.8) is 0 Å². The van der Waals surface area contributed by atoms with Crippen LogP contribution in [-0.4, -0.2) is 5.54 Å². The summed E-state index contributed by atoms with van der Waals surface area (Å²) >= 11 is 3.15. The van der Waals surface area contributed by atoms with Crippen LogP contribution in [0.25, 0.3) is 0 Å². The van der Waals surface area contributed by atoms with Crippen LogP contribution in [0.15, 0.2) is 16.6 Å². The summed E-state index contributed by atoms with van der Waals surface area (Å²) < 4.78 is 26.9. The number of hydrogen-bond acceptors (Lipinski definition) is 1. The summed E-state index contributed by atoms with van der Waals surface area (Å²) in [6.45, 7) is 0. The van der Waals surface area contributed by atoms with Crippen LogP contribution in [-0.2, 0) is 6.42 Å². The lowest BCUT2D eigenvalue weighted by molar-refractivity contribution is 0.491. The van der Waals surface area contributed by atoms with Crippen LogP contribution in [0.1, 0.15) is 24.8 Å². The van der Waals surface area contributed by atoms with Gasteiger partial charge < -0.3 is 5.73 Å². The van der Waals surface area contributed by atoms with Gasteiger partial charge >= 0.3 is 0 Å². The lowest BCUT2D eigenvalue weighted by Gasteiger charge is -2.09. The van der Waals surface area contributed by atoms with E-state index in [1.807, 2.05) is 0 Å². The first kappa shape index (κ1) is 11.0. The number of benzene rings is 1. The average molecular weight is 276 g/mol. The minimum atomic E-state index is -0.804. The predicted molar refractivity (Wildman–Crippen MR) is 58.5 cm³/mol. The molecule has 0 unspecified atom stereocenters. The normalized spacial score (nSPS) is 17.9. The Morgan fingerprint density at radius 3 is 2.60 bits per heavy atom. The van der Waals surface area contributed by atoms with Crippen molar-refractivity contribution in [2.75, 3.05) is 0 Å². The summed E-state index contributed by atoms with van der Waals surface area (Å²) in [5.74, 6) is -1.55. The van der Waals surface area contributed by atoms with Crippen LogP contribution in [0.5, 0.6) is 0 Å². The molecule has 82 valence electrons. The van der Waals surface area contributed by atoms with Crippen molar-refractivity contribution in [3.05, 3.63) is 33.8 Å². The van der Waals surface area contributed by atoms with Crippen molar-refractivity contribution >= 4 is 15.9 Å². The zero-order valence-corrected chi connectivity index (χ0v) is 9.78. The molecule has 1 aliphatic carbocycles. The number of nitrogens with two attached hydrogens (primary N) is 1. The number of halogens is 3. The molecule has 0 atom stereocenters. The highest BCUT2D eigenvalue weighted by Crippen LogP contribution is 2.37. The molecule has 2 rings (SSSR count). The lowest BCUT2D eigenvalue weighted by Crippen LogP contribution is -2.22. The van der Waals surface area contributed by atoms with Gasteiger partial charge in [-0.1, -0.05) is 15.9 Å². The van der Waals surface area contributed by atoms with Gasteiger partial charge in [-0.15, -0.1) is 0 Å². The van der Waals surface area contributed by atoms with Crippen molar-refractivity contribution in [1.29, 1.82) is 0 Å². The molecule has 1 saturated carbocycles. The van der Waals surface area contributed by atoms with Crippen molar-refractivity contribution in [1.82, 2.24) is 0 Å². The van der Waals surface area contributed by atoms with Crippen molar-refractivity contribution in [3.8, 4) is 0 Å². The lowest BCUT2D eigenvalue weighted by atomic mass is 10.0. The molecule has 1 nitrogen and oxygen atoms in total. The van der Waals surface area contributed by atoms with E-state index >= 15 is 0 Å². The van der Waals surface area contributed by atoms with E-state index in [4.69, 9.17) is 5.73 Å². The van der Waals surface area contributed by atoms with E-state index in [9.17, 15) is 8.78 Å². The molecule has 1 aromatic carbocycles. The average Bonchev–Trinajstić information content (AvgIpc) is 2.88. The molecule has 2 N–H and O–H groups in total. The van der Waals surface area contributed by atoms with E-state index in [0.29, 0.717) is 16.5 Å². The fraction of sp³-hybridized carbons (Fsp3) is 0.455. The van der Waals surface area contributed by atoms with Gasteiger partial charge in [0.15, 0.2) is 11.6 Å². The predicted octanol–water partition coefficient (Wildman–Crippen LogP) is 3.15. The highest BCUT2D eigenvalue weighted by Gasteiger charge is 2.37. The van der Waals surface area contributed by atoms with Crippen molar-refractivity contribution < 1.29 is 8.78 Å². The Hall–Kier alpha value is -0.480. The van der Waals surface area contributed by atoms with Gasteiger partial charge in [-0.3, -0.25) is 0 Å². The van der Waals surface area contributed by atoms with Gasteiger partial charge in [-0.2, -0.15) is 0 Å². The Morgan fingerprint density at radius 2 is 2.00 bits per heavy atom. The van der Waals surface area contributed by atoms with Gasteiger partial charge in [0.1, 0.15) is 0 Å². The fourth-order valence-electron chi connectivity index (χ4n) is 1.59. The maximum atomic E-state index is 13.3. The van der Waals surface area contributed by atoms with Crippen LogP contribution in [0.2, 0.25) is 0 Å². The van der Waals surface area contributed by atoms with Crippen LogP contribution in [0, 0.1) is 11.6 Å². The molecule has 1 fully saturated rings. The second-order valence-corrected chi connectivity index (χ2v) is 5.14. The third-order valence-electron chi connectivity index (χ3n) is 2.85. The second-order valence-electron chi connectivity index (χ2n) is 4.22. The summed E-state index contributed by atoms with van der Waals surface area (Å²) in [5.41, 5.74) is 6.17. The van der Waals surface area contributed by atoms with Gasteiger partial charge in [-0.25, -0.2) is 8.78 Å². The van der Waals surface area contributed by atoms with Crippen LogP contribution < -0.4 is 5.73 Å². The van der Waals surface area contributed by atoms with E-state index in [0.717, 1.165) is 25.3 Å². The molecule has 0 heterocycles. The largest absolute Gasteiger partial charge is 0.325 e. The maximum absolute atomic E-state index is 13.3. The van der Waals surface area contributed by atoms with Gasteiger partial charge in [0, 0.05) is 10.0 Å². The first-order valence-electron chi connectivity index (χ1n) is 4.92. The smallest absolute Gasteiger partial charge is 0.162 e. The Labute approximate surface area is 95.8 Å². The molecular weight excluding hydrogens is 264 g/mol. The molecule has 0 aliphatic heterocycles. The van der Waals surface area contributed by atoms with Gasteiger partial charge in [0.05, 0.1) is 0 Å². The van der Waals surface area contributed by atoms with E-state index in [-0.39, 0.29) is 5.54 Å². The molecule has 0 amide bonds. The summed E-state index contributed by atoms with van der Waals surface area (Å²) in [7, 11) is 0. The van der Waals surface area contributed by atoms with Crippen LogP contribution >= 0.6 is 15.9 Å². The third kappa shape index (κ3) is 2.55. The monoisotopic (exact) mass is 275 g/mol. The maximum Gasteiger partial charge on any atom is 0.162 e. The molecule has 0 radical (unpaired) electrons.